The molecule has 0 unspecified atom stereocenters. The van der Waals surface area contributed by atoms with E-state index in [4.69, 9.17) is 5.73 Å². The molecule has 110 valence electrons. The number of hydrogen-bond donors (Lipinski definition) is 2. The summed E-state index contributed by atoms with van der Waals surface area (Å²) in [5.41, 5.74) is 7.13. The third kappa shape index (κ3) is 3.45. The number of nitrogen functional groups attached to an aromatic ring is 1. The molecule has 0 aromatic carbocycles. The predicted molar refractivity (Wildman–Crippen MR) is 85.2 cm³/mol. The van der Waals surface area contributed by atoms with E-state index in [1.54, 1.807) is 6.07 Å². The Morgan fingerprint density at radius 1 is 1.45 bits per heavy atom. The van der Waals surface area contributed by atoms with Crippen LogP contribution in [0.2, 0.25) is 0 Å². The number of anilines is 1. The zero-order chi connectivity index (χ0) is 15.0. The van der Waals surface area contributed by atoms with Crippen molar-refractivity contribution in [2.45, 2.75) is 43.8 Å². The fraction of sp³-hybridized carbons (Fsp3) is 0.600. The third-order valence-corrected chi connectivity index (χ3v) is 5.11. The van der Waals surface area contributed by atoms with Crippen molar-refractivity contribution in [2.75, 3.05) is 18.5 Å². The Hall–Kier alpha value is -1.23. The van der Waals surface area contributed by atoms with Gasteiger partial charge in [-0.3, -0.25) is 4.79 Å². The van der Waals surface area contributed by atoms with E-state index in [1.807, 2.05) is 17.8 Å². The van der Waals surface area contributed by atoms with Crippen LogP contribution < -0.4 is 11.1 Å². The van der Waals surface area contributed by atoms with E-state index < -0.39 is 0 Å². The summed E-state index contributed by atoms with van der Waals surface area (Å²) in [5, 5.41) is 3.02. The van der Waals surface area contributed by atoms with Crippen molar-refractivity contribution in [3.63, 3.8) is 0 Å². The van der Waals surface area contributed by atoms with Gasteiger partial charge < -0.3 is 11.1 Å². The van der Waals surface area contributed by atoms with Crippen molar-refractivity contribution in [3.8, 4) is 0 Å². The summed E-state index contributed by atoms with van der Waals surface area (Å²) in [5.74, 6) is 0.332. The van der Waals surface area contributed by atoms with Gasteiger partial charge in [-0.2, -0.15) is 11.8 Å². The number of carbonyl (C=O) groups excluding carboxylic acids is 1. The molecular weight excluding hydrogens is 270 g/mol. The summed E-state index contributed by atoms with van der Waals surface area (Å²) in [7, 11) is 0. The molecule has 0 bridgehead atoms. The Kier molecular flexibility index (Phi) is 4.00. The maximum atomic E-state index is 12.3. The minimum absolute atomic E-state index is 0.0649. The highest BCUT2D eigenvalue weighted by atomic mass is 32.2. The normalized spacial score (nSPS) is 16.8. The first-order valence-electron chi connectivity index (χ1n) is 6.87. The lowest BCUT2D eigenvalue weighted by Crippen LogP contribution is -2.32. The van der Waals surface area contributed by atoms with Gasteiger partial charge >= 0.3 is 0 Å². The number of pyridine rings is 1. The second-order valence-electron chi connectivity index (χ2n) is 6.49. The summed E-state index contributed by atoms with van der Waals surface area (Å²) in [6.07, 6.45) is 4.46. The van der Waals surface area contributed by atoms with Crippen molar-refractivity contribution in [1.82, 2.24) is 10.3 Å². The Bertz CT molecular complexity index is 518. The van der Waals surface area contributed by atoms with Crippen LogP contribution in [0.3, 0.4) is 0 Å². The van der Waals surface area contributed by atoms with Gasteiger partial charge in [0.2, 0.25) is 0 Å². The summed E-state index contributed by atoms with van der Waals surface area (Å²) in [6.45, 7) is 6.90. The molecule has 2 rings (SSSR count). The van der Waals surface area contributed by atoms with Gasteiger partial charge in [0.1, 0.15) is 5.82 Å². The molecule has 1 aliphatic carbocycles. The number of carbonyl (C=O) groups is 1. The summed E-state index contributed by atoms with van der Waals surface area (Å²) >= 11 is 1.83. The predicted octanol–water partition coefficient (Wildman–Crippen LogP) is 2.59. The second-order valence-corrected chi connectivity index (χ2v) is 7.76. The Labute approximate surface area is 124 Å². The topological polar surface area (TPSA) is 68.0 Å². The van der Waals surface area contributed by atoms with Crippen molar-refractivity contribution < 1.29 is 4.79 Å². The van der Waals surface area contributed by atoms with E-state index in [0.717, 1.165) is 12.2 Å². The number of thioether (sulfide) groups is 1. The molecule has 4 nitrogen and oxygen atoms in total. The van der Waals surface area contributed by atoms with Crippen LogP contribution in [-0.4, -0.2) is 28.4 Å². The molecule has 5 heteroatoms. The molecule has 1 saturated carbocycles. The molecule has 20 heavy (non-hydrogen) atoms. The first-order chi connectivity index (χ1) is 9.26. The minimum atomic E-state index is -0.124. The van der Waals surface area contributed by atoms with E-state index in [9.17, 15) is 4.79 Å². The highest BCUT2D eigenvalue weighted by molar-refractivity contribution is 8.00. The SMILES string of the molecule is CSC1(CNC(=O)c2cc(N)nc(C(C)(C)C)c2)CC1. The molecule has 0 atom stereocenters. The van der Waals surface area contributed by atoms with Gasteiger partial charge in [0.25, 0.3) is 5.91 Å². The Morgan fingerprint density at radius 3 is 2.60 bits per heavy atom. The Morgan fingerprint density at radius 2 is 2.10 bits per heavy atom. The van der Waals surface area contributed by atoms with E-state index in [-0.39, 0.29) is 16.1 Å². The molecule has 0 spiro atoms. The monoisotopic (exact) mass is 293 g/mol. The van der Waals surface area contributed by atoms with Gasteiger partial charge in [-0.1, -0.05) is 20.8 Å². The van der Waals surface area contributed by atoms with Crippen LogP contribution in [0.15, 0.2) is 12.1 Å². The van der Waals surface area contributed by atoms with Gasteiger partial charge in [0.15, 0.2) is 0 Å². The van der Waals surface area contributed by atoms with Crippen LogP contribution in [0.4, 0.5) is 5.82 Å². The number of nitrogens with one attached hydrogen (secondary N) is 1. The van der Waals surface area contributed by atoms with E-state index in [0.29, 0.717) is 11.4 Å². The average Bonchev–Trinajstić information content (AvgIpc) is 3.15. The fourth-order valence-corrected chi connectivity index (χ4v) is 2.73. The van der Waals surface area contributed by atoms with Gasteiger partial charge in [-0.25, -0.2) is 4.98 Å². The minimum Gasteiger partial charge on any atom is -0.384 e. The molecule has 3 N–H and O–H groups in total. The standard InChI is InChI=1S/C15H23N3OS/c1-14(2,3)11-7-10(8-12(16)18-11)13(19)17-9-15(20-4)5-6-15/h7-8H,5-6,9H2,1-4H3,(H2,16,18)(H,17,19). The first-order valence-corrected chi connectivity index (χ1v) is 8.10. The maximum absolute atomic E-state index is 12.3. The van der Waals surface area contributed by atoms with Crippen LogP contribution in [0, 0.1) is 0 Å². The van der Waals surface area contributed by atoms with E-state index >= 15 is 0 Å². The smallest absolute Gasteiger partial charge is 0.251 e. The number of rotatable bonds is 4. The largest absolute Gasteiger partial charge is 0.384 e. The van der Waals surface area contributed by atoms with E-state index in [1.165, 1.54) is 12.8 Å². The summed E-state index contributed by atoms with van der Waals surface area (Å²) in [4.78, 5) is 16.6. The molecule has 0 saturated heterocycles. The fourth-order valence-electron chi connectivity index (χ4n) is 2.00. The number of nitrogens with zero attached hydrogens (tertiary/aromatic N) is 1. The number of amides is 1. The molecule has 1 amide bonds. The second kappa shape index (κ2) is 5.28. The summed E-state index contributed by atoms with van der Waals surface area (Å²) in [6, 6.07) is 3.48. The summed E-state index contributed by atoms with van der Waals surface area (Å²) < 4.78 is 0.265. The van der Waals surface area contributed by atoms with Crippen LogP contribution >= 0.6 is 11.8 Å². The molecule has 1 fully saturated rings. The third-order valence-electron chi connectivity index (χ3n) is 3.69. The molecule has 1 aromatic rings. The van der Waals surface area contributed by atoms with Crippen LogP contribution in [0.1, 0.15) is 49.7 Å². The van der Waals surface area contributed by atoms with Gasteiger partial charge in [0, 0.05) is 28.0 Å². The Balaban J connectivity index is 2.11. The van der Waals surface area contributed by atoms with Crippen LogP contribution in [0.25, 0.3) is 0 Å². The van der Waals surface area contributed by atoms with E-state index in [2.05, 4.69) is 37.3 Å². The highest BCUT2D eigenvalue weighted by Crippen LogP contribution is 2.46. The molecule has 0 radical (unpaired) electrons. The molecule has 1 aliphatic rings. The lowest BCUT2D eigenvalue weighted by atomic mass is 9.90. The number of nitrogens with two attached hydrogens (primary N) is 1. The van der Waals surface area contributed by atoms with Crippen LogP contribution in [-0.2, 0) is 5.41 Å². The zero-order valence-electron chi connectivity index (χ0n) is 12.6. The highest BCUT2D eigenvalue weighted by Gasteiger charge is 2.42. The molecule has 0 aliphatic heterocycles. The number of aromatic nitrogens is 1. The number of hydrogen-bond acceptors (Lipinski definition) is 4. The van der Waals surface area contributed by atoms with Crippen molar-refractivity contribution in [2.24, 2.45) is 0 Å². The van der Waals surface area contributed by atoms with Gasteiger partial charge in [-0.15, -0.1) is 0 Å². The van der Waals surface area contributed by atoms with Crippen molar-refractivity contribution in [3.05, 3.63) is 23.4 Å². The van der Waals surface area contributed by atoms with Crippen molar-refractivity contribution >= 4 is 23.5 Å². The van der Waals surface area contributed by atoms with Crippen molar-refractivity contribution in [1.29, 1.82) is 0 Å². The molecule has 1 aromatic heterocycles. The zero-order valence-corrected chi connectivity index (χ0v) is 13.4. The lowest BCUT2D eigenvalue weighted by Gasteiger charge is -2.19. The van der Waals surface area contributed by atoms with Crippen LogP contribution in [0.5, 0.6) is 0 Å². The maximum Gasteiger partial charge on any atom is 0.251 e. The molecule has 1 heterocycles. The van der Waals surface area contributed by atoms with Gasteiger partial charge in [-0.05, 0) is 31.2 Å². The van der Waals surface area contributed by atoms with Gasteiger partial charge in [0.05, 0.1) is 0 Å². The quantitative estimate of drug-likeness (QED) is 0.895. The molecular formula is C15H23N3OS. The average molecular weight is 293 g/mol. The first kappa shape index (κ1) is 15.2. The lowest BCUT2D eigenvalue weighted by molar-refractivity contribution is 0.0953.